The number of aromatic nitrogens is 3. The average Bonchev–Trinajstić information content (AvgIpc) is 2.89. The Bertz CT molecular complexity index is 636. The van der Waals surface area contributed by atoms with E-state index in [1.807, 2.05) is 24.3 Å². The van der Waals surface area contributed by atoms with Gasteiger partial charge in [0.2, 0.25) is 0 Å². The van der Waals surface area contributed by atoms with E-state index in [9.17, 15) is 4.79 Å². The zero-order valence-electron chi connectivity index (χ0n) is 10.6. The van der Waals surface area contributed by atoms with Crippen LogP contribution < -0.4 is 0 Å². The van der Waals surface area contributed by atoms with Gasteiger partial charge in [0.05, 0.1) is 11.9 Å². The van der Waals surface area contributed by atoms with Crippen LogP contribution in [0.3, 0.4) is 0 Å². The van der Waals surface area contributed by atoms with Gasteiger partial charge in [-0.25, -0.2) is 4.68 Å². The van der Waals surface area contributed by atoms with E-state index in [0.717, 1.165) is 5.69 Å². The van der Waals surface area contributed by atoms with Crippen LogP contribution in [0.4, 0.5) is 0 Å². The summed E-state index contributed by atoms with van der Waals surface area (Å²) in [6.07, 6.45) is 1.43. The highest BCUT2D eigenvalue weighted by Crippen LogP contribution is 2.16. The van der Waals surface area contributed by atoms with Crippen LogP contribution in [0.2, 0.25) is 0 Å². The highest BCUT2D eigenvalue weighted by atomic mass is 16.2. The molecule has 1 amide bonds. The summed E-state index contributed by atoms with van der Waals surface area (Å²) in [6.45, 7) is 4.22. The summed E-state index contributed by atoms with van der Waals surface area (Å²) in [5, 5.41) is 10.5. The standard InChI is InChI=1S/C12H12N6O/c1-8(2)9-3-5-10(6-4-9)18-7-11(14-17-18)12(19)15-16-13/h3-8H,1-2H3. The SMILES string of the molecule is CC(C)c1ccc(-n2cc(C(=O)N=[N+]=[N-])nn2)cc1. The van der Waals surface area contributed by atoms with Gasteiger partial charge in [0.1, 0.15) is 0 Å². The molecule has 0 saturated heterocycles. The van der Waals surface area contributed by atoms with Crippen molar-refractivity contribution in [2.45, 2.75) is 19.8 Å². The Kier molecular flexibility index (Phi) is 3.58. The summed E-state index contributed by atoms with van der Waals surface area (Å²) in [7, 11) is 0. The van der Waals surface area contributed by atoms with Gasteiger partial charge in [-0.05, 0) is 34.3 Å². The van der Waals surface area contributed by atoms with Crippen LogP contribution in [0.15, 0.2) is 35.6 Å². The monoisotopic (exact) mass is 256 g/mol. The second kappa shape index (κ2) is 5.32. The molecule has 7 nitrogen and oxygen atoms in total. The van der Waals surface area contributed by atoms with Gasteiger partial charge in [-0.1, -0.05) is 31.2 Å². The quantitative estimate of drug-likeness (QED) is 0.479. The van der Waals surface area contributed by atoms with Crippen molar-refractivity contribution in [2.24, 2.45) is 5.11 Å². The predicted octanol–water partition coefficient (Wildman–Crippen LogP) is 2.84. The summed E-state index contributed by atoms with van der Waals surface area (Å²) >= 11 is 0. The maximum absolute atomic E-state index is 11.3. The van der Waals surface area contributed by atoms with Crippen molar-refractivity contribution < 1.29 is 4.79 Å². The number of hydrogen-bond acceptors (Lipinski definition) is 3. The van der Waals surface area contributed by atoms with Crippen molar-refractivity contribution in [3.63, 3.8) is 0 Å². The number of nitrogens with zero attached hydrogens (tertiary/aromatic N) is 6. The first-order valence-electron chi connectivity index (χ1n) is 5.74. The van der Waals surface area contributed by atoms with Crippen LogP contribution in [0.1, 0.15) is 35.8 Å². The van der Waals surface area contributed by atoms with E-state index >= 15 is 0 Å². The third-order valence-electron chi connectivity index (χ3n) is 2.67. The lowest BCUT2D eigenvalue weighted by atomic mass is 10.0. The molecule has 0 aliphatic rings. The number of carbonyl (C=O) groups is 1. The highest BCUT2D eigenvalue weighted by molar-refractivity contribution is 5.92. The normalized spacial score (nSPS) is 10.3. The van der Waals surface area contributed by atoms with E-state index in [-0.39, 0.29) is 5.69 Å². The molecule has 1 aromatic heterocycles. The number of carbonyl (C=O) groups excluding carboxylic acids is 1. The van der Waals surface area contributed by atoms with Crippen LogP contribution in [-0.2, 0) is 0 Å². The van der Waals surface area contributed by atoms with Gasteiger partial charge < -0.3 is 0 Å². The molecule has 19 heavy (non-hydrogen) atoms. The van der Waals surface area contributed by atoms with Gasteiger partial charge in [-0.2, -0.15) is 0 Å². The van der Waals surface area contributed by atoms with Crippen molar-refractivity contribution in [3.8, 4) is 5.69 Å². The maximum atomic E-state index is 11.3. The van der Waals surface area contributed by atoms with Crippen molar-refractivity contribution in [1.82, 2.24) is 15.0 Å². The zero-order valence-corrected chi connectivity index (χ0v) is 10.6. The van der Waals surface area contributed by atoms with Crippen LogP contribution in [0.25, 0.3) is 16.1 Å². The molecule has 7 heteroatoms. The number of amides is 1. The number of azide groups is 1. The smallest absolute Gasteiger partial charge is 0.270 e. The molecular weight excluding hydrogens is 244 g/mol. The molecule has 0 saturated carbocycles. The predicted molar refractivity (Wildman–Crippen MR) is 68.9 cm³/mol. The van der Waals surface area contributed by atoms with Crippen LogP contribution in [0, 0.1) is 0 Å². The molecule has 0 fully saturated rings. The fourth-order valence-electron chi connectivity index (χ4n) is 1.59. The topological polar surface area (TPSA) is 96.5 Å². The summed E-state index contributed by atoms with van der Waals surface area (Å²) in [5.41, 5.74) is 10.2. The van der Waals surface area contributed by atoms with Gasteiger partial charge in [0, 0.05) is 4.91 Å². The van der Waals surface area contributed by atoms with E-state index in [0.29, 0.717) is 5.92 Å². The van der Waals surface area contributed by atoms with Gasteiger partial charge in [-0.3, -0.25) is 4.79 Å². The Morgan fingerprint density at radius 2 is 2.05 bits per heavy atom. The minimum absolute atomic E-state index is 0.0192. The Labute approximate surface area is 109 Å². The molecule has 0 spiro atoms. The van der Waals surface area contributed by atoms with Crippen LogP contribution in [-0.4, -0.2) is 20.9 Å². The number of rotatable bonds is 3. The van der Waals surface area contributed by atoms with E-state index in [2.05, 4.69) is 34.2 Å². The molecule has 2 rings (SSSR count). The summed E-state index contributed by atoms with van der Waals surface area (Å²) < 4.78 is 1.46. The number of benzene rings is 1. The lowest BCUT2D eigenvalue weighted by Crippen LogP contribution is -1.96. The first-order chi connectivity index (χ1) is 9.11. The summed E-state index contributed by atoms with van der Waals surface area (Å²) in [4.78, 5) is 13.7. The fourth-order valence-corrected chi connectivity index (χ4v) is 1.59. The van der Waals surface area contributed by atoms with Gasteiger partial charge in [-0.15, -0.1) is 5.10 Å². The molecule has 1 heterocycles. The largest absolute Gasteiger partial charge is 0.285 e. The number of hydrogen-bond donors (Lipinski definition) is 0. The second-order valence-corrected chi connectivity index (χ2v) is 4.29. The highest BCUT2D eigenvalue weighted by Gasteiger charge is 2.09. The molecular formula is C12H12N6O. The lowest BCUT2D eigenvalue weighted by molar-refractivity contribution is 0.0995. The molecule has 0 aliphatic heterocycles. The molecule has 0 unspecified atom stereocenters. The lowest BCUT2D eigenvalue weighted by Gasteiger charge is -2.06. The Morgan fingerprint density at radius 3 is 2.63 bits per heavy atom. The molecule has 96 valence electrons. The summed E-state index contributed by atoms with van der Waals surface area (Å²) in [6, 6.07) is 7.78. The Balaban J connectivity index is 2.27. The summed E-state index contributed by atoms with van der Waals surface area (Å²) in [5.74, 6) is -0.292. The van der Waals surface area contributed by atoms with E-state index in [1.165, 1.54) is 16.4 Å². The van der Waals surface area contributed by atoms with E-state index in [1.54, 1.807) is 0 Å². The van der Waals surface area contributed by atoms with Gasteiger partial charge in [0.15, 0.2) is 5.69 Å². The molecule has 0 bridgehead atoms. The zero-order chi connectivity index (χ0) is 13.8. The molecule has 0 aliphatic carbocycles. The molecule has 0 radical (unpaired) electrons. The minimum Gasteiger partial charge on any atom is -0.285 e. The fraction of sp³-hybridized carbons (Fsp3) is 0.250. The second-order valence-electron chi connectivity index (χ2n) is 4.29. The minimum atomic E-state index is -0.743. The Morgan fingerprint density at radius 1 is 1.37 bits per heavy atom. The van der Waals surface area contributed by atoms with Gasteiger partial charge >= 0.3 is 0 Å². The Hall–Kier alpha value is -2.66. The first-order valence-corrected chi connectivity index (χ1v) is 5.74. The average molecular weight is 256 g/mol. The third kappa shape index (κ3) is 2.78. The molecule has 0 atom stereocenters. The van der Waals surface area contributed by atoms with E-state index in [4.69, 9.17) is 5.53 Å². The maximum Gasteiger partial charge on any atom is 0.270 e. The first kappa shape index (κ1) is 12.8. The van der Waals surface area contributed by atoms with Crippen molar-refractivity contribution >= 4 is 5.91 Å². The van der Waals surface area contributed by atoms with E-state index < -0.39 is 5.91 Å². The van der Waals surface area contributed by atoms with Crippen LogP contribution >= 0.6 is 0 Å². The third-order valence-corrected chi connectivity index (χ3v) is 2.67. The van der Waals surface area contributed by atoms with Gasteiger partial charge in [0.25, 0.3) is 5.91 Å². The van der Waals surface area contributed by atoms with Crippen LogP contribution in [0.5, 0.6) is 0 Å². The van der Waals surface area contributed by atoms with Crippen molar-refractivity contribution in [2.75, 3.05) is 0 Å². The molecule has 1 aromatic carbocycles. The molecule has 2 aromatic rings. The molecule has 0 N–H and O–H groups in total. The van der Waals surface area contributed by atoms with Crippen molar-refractivity contribution in [1.29, 1.82) is 0 Å². The van der Waals surface area contributed by atoms with Crippen molar-refractivity contribution in [3.05, 3.63) is 52.2 Å².